The third kappa shape index (κ3) is 2.76. The minimum Gasteiger partial charge on any atom is -0.307 e. The summed E-state index contributed by atoms with van der Waals surface area (Å²) in [4.78, 5) is 0. The Labute approximate surface area is 112 Å². The van der Waals surface area contributed by atoms with Crippen molar-refractivity contribution >= 4 is 11.3 Å². The first-order chi connectivity index (χ1) is 8.52. The van der Waals surface area contributed by atoms with Gasteiger partial charge in [-0.15, -0.1) is 10.2 Å². The van der Waals surface area contributed by atoms with E-state index in [1.54, 1.807) is 11.3 Å². The van der Waals surface area contributed by atoms with Crippen LogP contribution < -0.4 is 5.32 Å². The Kier molecular flexibility index (Phi) is 3.78. The van der Waals surface area contributed by atoms with Gasteiger partial charge in [0.1, 0.15) is 10.0 Å². The largest absolute Gasteiger partial charge is 0.307 e. The van der Waals surface area contributed by atoms with Gasteiger partial charge in [-0.2, -0.15) is 0 Å². The number of hydrogen-bond donors (Lipinski definition) is 1. The molecule has 0 aliphatic rings. The zero-order chi connectivity index (χ0) is 13.2. The normalized spacial score (nSPS) is 13.6. The maximum absolute atomic E-state index is 4.34. The quantitative estimate of drug-likeness (QED) is 0.922. The van der Waals surface area contributed by atoms with Gasteiger partial charge >= 0.3 is 0 Å². The molecular weight excluding hydrogens is 242 g/mol. The zero-order valence-electron chi connectivity index (χ0n) is 11.3. The van der Waals surface area contributed by atoms with E-state index >= 15 is 0 Å². The van der Waals surface area contributed by atoms with Crippen molar-refractivity contribution in [1.82, 2.24) is 15.5 Å². The van der Waals surface area contributed by atoms with Crippen molar-refractivity contribution in [2.75, 3.05) is 7.05 Å². The average Bonchev–Trinajstić information content (AvgIpc) is 2.81. The van der Waals surface area contributed by atoms with Crippen molar-refractivity contribution in [3.8, 4) is 0 Å². The third-order valence-electron chi connectivity index (χ3n) is 2.75. The van der Waals surface area contributed by atoms with Gasteiger partial charge in [-0.3, -0.25) is 0 Å². The highest BCUT2D eigenvalue weighted by Gasteiger charge is 2.23. The number of nitrogens with zero attached hydrogens (tertiary/aromatic N) is 2. The molecule has 0 radical (unpaired) electrons. The second-order valence-corrected chi connectivity index (χ2v) is 6.34. The minimum atomic E-state index is 0.0604. The molecule has 4 heteroatoms. The molecule has 1 atom stereocenters. The van der Waals surface area contributed by atoms with Crippen LogP contribution in [0.4, 0.5) is 0 Å². The molecule has 1 heterocycles. The van der Waals surface area contributed by atoms with Crippen LogP contribution in [0.15, 0.2) is 30.3 Å². The van der Waals surface area contributed by atoms with Crippen molar-refractivity contribution in [1.29, 1.82) is 0 Å². The predicted molar refractivity (Wildman–Crippen MR) is 76.0 cm³/mol. The molecule has 1 unspecified atom stereocenters. The Bertz CT molecular complexity index is 499. The molecule has 0 amide bonds. The molecule has 0 saturated heterocycles. The van der Waals surface area contributed by atoms with Crippen LogP contribution in [0.5, 0.6) is 0 Å². The van der Waals surface area contributed by atoms with E-state index in [4.69, 9.17) is 0 Å². The Balaban J connectivity index is 2.32. The summed E-state index contributed by atoms with van der Waals surface area (Å²) in [6.07, 6.45) is 0. The fourth-order valence-corrected chi connectivity index (χ4v) is 2.77. The lowest BCUT2D eigenvalue weighted by molar-refractivity contribution is 0.576. The maximum atomic E-state index is 4.34. The molecule has 1 aromatic carbocycles. The first kappa shape index (κ1) is 13.2. The van der Waals surface area contributed by atoms with Crippen LogP contribution in [-0.2, 0) is 5.41 Å². The summed E-state index contributed by atoms with van der Waals surface area (Å²) >= 11 is 1.68. The molecule has 0 saturated carbocycles. The monoisotopic (exact) mass is 261 g/mol. The van der Waals surface area contributed by atoms with Gasteiger partial charge in [0.15, 0.2) is 0 Å². The summed E-state index contributed by atoms with van der Waals surface area (Å²) in [5.74, 6) is 0. The molecule has 0 spiro atoms. The molecule has 1 N–H and O–H groups in total. The van der Waals surface area contributed by atoms with Gasteiger partial charge in [-0.25, -0.2) is 0 Å². The highest BCUT2D eigenvalue weighted by Crippen LogP contribution is 2.30. The number of hydrogen-bond acceptors (Lipinski definition) is 4. The fourth-order valence-electron chi connectivity index (χ4n) is 1.73. The lowest BCUT2D eigenvalue weighted by Crippen LogP contribution is -2.17. The Hall–Kier alpha value is -1.26. The summed E-state index contributed by atoms with van der Waals surface area (Å²) in [7, 11) is 1.95. The second-order valence-electron chi connectivity index (χ2n) is 5.33. The van der Waals surface area contributed by atoms with Crippen molar-refractivity contribution in [3.05, 3.63) is 45.9 Å². The topological polar surface area (TPSA) is 37.8 Å². The molecule has 2 aromatic rings. The summed E-state index contributed by atoms with van der Waals surface area (Å²) in [5, 5.41) is 14.1. The smallest absolute Gasteiger partial charge is 0.139 e. The second kappa shape index (κ2) is 5.16. The van der Waals surface area contributed by atoms with Crippen LogP contribution in [0.2, 0.25) is 0 Å². The minimum absolute atomic E-state index is 0.0604. The van der Waals surface area contributed by atoms with E-state index in [2.05, 4.69) is 48.4 Å². The number of nitrogens with one attached hydrogen (secondary N) is 1. The van der Waals surface area contributed by atoms with E-state index in [1.165, 1.54) is 5.56 Å². The zero-order valence-corrected chi connectivity index (χ0v) is 12.1. The fraction of sp³-hybridized carbons (Fsp3) is 0.429. The standard InChI is InChI=1S/C14H19N3S/c1-14(2,3)13-17-16-12(18-13)11(15-4)10-8-6-5-7-9-10/h5-9,11,15H,1-4H3. The number of rotatable bonds is 3. The lowest BCUT2D eigenvalue weighted by atomic mass is 9.98. The lowest BCUT2D eigenvalue weighted by Gasteiger charge is -2.14. The van der Waals surface area contributed by atoms with Gasteiger partial charge in [0.05, 0.1) is 6.04 Å². The maximum Gasteiger partial charge on any atom is 0.139 e. The summed E-state index contributed by atoms with van der Waals surface area (Å²) < 4.78 is 0. The van der Waals surface area contributed by atoms with Crippen molar-refractivity contribution < 1.29 is 0 Å². The van der Waals surface area contributed by atoms with E-state index in [0.717, 1.165) is 10.0 Å². The van der Waals surface area contributed by atoms with Crippen LogP contribution in [-0.4, -0.2) is 17.2 Å². The Morgan fingerprint density at radius 2 is 1.78 bits per heavy atom. The summed E-state index contributed by atoms with van der Waals surface area (Å²) in [6, 6.07) is 10.5. The van der Waals surface area contributed by atoms with E-state index in [1.807, 2.05) is 25.2 Å². The van der Waals surface area contributed by atoms with Gasteiger partial charge in [0.25, 0.3) is 0 Å². The highest BCUT2D eigenvalue weighted by molar-refractivity contribution is 7.11. The first-order valence-corrected chi connectivity index (χ1v) is 6.90. The van der Waals surface area contributed by atoms with Crippen LogP contribution >= 0.6 is 11.3 Å². The molecule has 0 aliphatic heterocycles. The Morgan fingerprint density at radius 3 is 2.28 bits per heavy atom. The van der Waals surface area contributed by atoms with Crippen LogP contribution in [0.1, 0.15) is 42.4 Å². The van der Waals surface area contributed by atoms with Crippen molar-refractivity contribution in [2.45, 2.75) is 32.2 Å². The van der Waals surface area contributed by atoms with Gasteiger partial charge in [0.2, 0.25) is 0 Å². The summed E-state index contributed by atoms with van der Waals surface area (Å²) in [6.45, 7) is 6.48. The van der Waals surface area contributed by atoms with Gasteiger partial charge in [-0.1, -0.05) is 62.4 Å². The molecule has 96 valence electrons. The number of aromatic nitrogens is 2. The summed E-state index contributed by atoms with van der Waals surface area (Å²) in [5.41, 5.74) is 1.28. The molecule has 3 nitrogen and oxygen atoms in total. The molecular formula is C14H19N3S. The molecule has 1 aromatic heterocycles. The van der Waals surface area contributed by atoms with Crippen molar-refractivity contribution in [2.24, 2.45) is 0 Å². The molecule has 0 fully saturated rings. The molecule has 0 aliphatic carbocycles. The predicted octanol–water partition coefficient (Wildman–Crippen LogP) is 3.14. The van der Waals surface area contributed by atoms with Gasteiger partial charge < -0.3 is 5.32 Å². The first-order valence-electron chi connectivity index (χ1n) is 6.08. The average molecular weight is 261 g/mol. The van der Waals surface area contributed by atoms with Crippen LogP contribution in [0.25, 0.3) is 0 Å². The van der Waals surface area contributed by atoms with Gasteiger partial charge in [-0.05, 0) is 12.6 Å². The Morgan fingerprint density at radius 1 is 1.11 bits per heavy atom. The molecule has 2 rings (SSSR count). The van der Waals surface area contributed by atoms with E-state index < -0.39 is 0 Å². The SMILES string of the molecule is CNC(c1ccccc1)c1nnc(C(C)(C)C)s1. The highest BCUT2D eigenvalue weighted by atomic mass is 32.1. The third-order valence-corrected chi connectivity index (χ3v) is 4.16. The van der Waals surface area contributed by atoms with E-state index in [-0.39, 0.29) is 11.5 Å². The number of benzene rings is 1. The van der Waals surface area contributed by atoms with E-state index in [9.17, 15) is 0 Å². The molecule has 0 bridgehead atoms. The van der Waals surface area contributed by atoms with E-state index in [0.29, 0.717) is 0 Å². The van der Waals surface area contributed by atoms with Crippen LogP contribution in [0, 0.1) is 0 Å². The van der Waals surface area contributed by atoms with Crippen molar-refractivity contribution in [3.63, 3.8) is 0 Å². The van der Waals surface area contributed by atoms with Gasteiger partial charge in [0, 0.05) is 5.41 Å². The molecule has 18 heavy (non-hydrogen) atoms. The van der Waals surface area contributed by atoms with Crippen LogP contribution in [0.3, 0.4) is 0 Å².